The van der Waals surface area contributed by atoms with E-state index < -0.39 is 5.97 Å². The first-order chi connectivity index (χ1) is 12.1. The van der Waals surface area contributed by atoms with Crippen LogP contribution in [0.3, 0.4) is 0 Å². The number of esters is 1. The average molecular weight is 399 g/mol. The fourth-order valence-electron chi connectivity index (χ4n) is 2.92. The van der Waals surface area contributed by atoms with Gasteiger partial charge in [-0.15, -0.1) is 0 Å². The van der Waals surface area contributed by atoms with E-state index in [2.05, 4.69) is 25.9 Å². The minimum Gasteiger partial charge on any atom is -0.464 e. The predicted molar refractivity (Wildman–Crippen MR) is 98.0 cm³/mol. The topological polar surface area (TPSA) is 55.0 Å². The predicted octanol–water partition coefficient (Wildman–Crippen LogP) is 5.07. The summed E-state index contributed by atoms with van der Waals surface area (Å²) < 4.78 is 19.4. The van der Waals surface area contributed by atoms with E-state index in [1.165, 1.54) is 19.2 Å². The van der Waals surface area contributed by atoms with Gasteiger partial charge in [-0.25, -0.2) is 14.2 Å². The van der Waals surface area contributed by atoms with Crippen LogP contribution in [0.25, 0.3) is 33.1 Å². The molecule has 0 radical (unpaired) electrons. The molecule has 4 rings (SSSR count). The van der Waals surface area contributed by atoms with Crippen LogP contribution in [0.1, 0.15) is 10.5 Å². The van der Waals surface area contributed by atoms with Gasteiger partial charge in [0.1, 0.15) is 11.5 Å². The second-order valence-electron chi connectivity index (χ2n) is 5.56. The van der Waals surface area contributed by atoms with Crippen LogP contribution < -0.4 is 0 Å². The van der Waals surface area contributed by atoms with Gasteiger partial charge in [0.25, 0.3) is 0 Å². The maximum absolute atomic E-state index is 13.7. The van der Waals surface area contributed by atoms with Gasteiger partial charge in [0.05, 0.1) is 18.3 Å². The molecule has 0 saturated carbocycles. The number of H-pyrrole nitrogens is 1. The molecule has 1 N–H and O–H groups in total. The van der Waals surface area contributed by atoms with Crippen molar-refractivity contribution in [1.82, 2.24) is 9.97 Å². The van der Waals surface area contributed by atoms with Crippen molar-refractivity contribution in [1.29, 1.82) is 0 Å². The maximum atomic E-state index is 13.7. The number of benzene rings is 2. The molecule has 2 aromatic heterocycles. The molecule has 4 aromatic rings. The van der Waals surface area contributed by atoms with E-state index >= 15 is 0 Å². The van der Waals surface area contributed by atoms with Gasteiger partial charge in [0.2, 0.25) is 0 Å². The summed E-state index contributed by atoms with van der Waals surface area (Å²) in [4.78, 5) is 19.8. The number of aromatic amines is 1. The number of rotatable bonds is 2. The van der Waals surface area contributed by atoms with E-state index in [1.54, 1.807) is 12.1 Å². The lowest BCUT2D eigenvalue weighted by atomic mass is 10.1. The first-order valence-corrected chi connectivity index (χ1v) is 8.33. The average Bonchev–Trinajstić information content (AvgIpc) is 2.98. The summed E-state index contributed by atoms with van der Waals surface area (Å²) in [5.74, 6) is -0.881. The Morgan fingerprint density at radius 2 is 1.96 bits per heavy atom. The zero-order valence-electron chi connectivity index (χ0n) is 13.1. The molecule has 2 aromatic carbocycles. The molecular weight excluding hydrogens is 387 g/mol. The smallest absolute Gasteiger partial charge is 0.356 e. The number of aromatic nitrogens is 2. The summed E-state index contributed by atoms with van der Waals surface area (Å²) in [6.45, 7) is 0. The van der Waals surface area contributed by atoms with Gasteiger partial charge >= 0.3 is 5.97 Å². The van der Waals surface area contributed by atoms with Gasteiger partial charge in [0, 0.05) is 26.3 Å². The largest absolute Gasteiger partial charge is 0.464 e. The highest BCUT2D eigenvalue weighted by molar-refractivity contribution is 9.10. The summed E-state index contributed by atoms with van der Waals surface area (Å²) in [5.41, 5.74) is 3.10. The van der Waals surface area contributed by atoms with Crippen molar-refractivity contribution in [2.75, 3.05) is 7.11 Å². The highest BCUT2D eigenvalue weighted by atomic mass is 79.9. The van der Waals surface area contributed by atoms with E-state index in [4.69, 9.17) is 4.74 Å². The Balaban J connectivity index is 2.15. The number of pyridine rings is 1. The third-order valence-electron chi connectivity index (χ3n) is 4.07. The van der Waals surface area contributed by atoms with Crippen molar-refractivity contribution in [3.05, 3.63) is 64.5 Å². The second-order valence-corrected chi connectivity index (χ2v) is 6.42. The van der Waals surface area contributed by atoms with Gasteiger partial charge in [0.15, 0.2) is 0 Å². The van der Waals surface area contributed by atoms with Crippen LogP contribution >= 0.6 is 15.9 Å². The zero-order valence-corrected chi connectivity index (χ0v) is 14.7. The first kappa shape index (κ1) is 15.8. The van der Waals surface area contributed by atoms with Crippen LogP contribution in [0.15, 0.2) is 53.0 Å². The minimum atomic E-state index is -0.541. The summed E-state index contributed by atoms with van der Waals surface area (Å²) in [6.07, 6.45) is 0. The Hall–Kier alpha value is -2.73. The van der Waals surface area contributed by atoms with Gasteiger partial charge in [-0.3, -0.25) is 0 Å². The molecule has 6 heteroatoms. The molecule has 0 aliphatic rings. The molecule has 0 fully saturated rings. The lowest BCUT2D eigenvalue weighted by Crippen LogP contribution is -2.05. The second kappa shape index (κ2) is 5.97. The lowest BCUT2D eigenvalue weighted by Gasteiger charge is -2.08. The van der Waals surface area contributed by atoms with Gasteiger partial charge in [-0.2, -0.15) is 0 Å². The Bertz CT molecular complexity index is 1140. The third-order valence-corrected chi connectivity index (χ3v) is 4.77. The van der Waals surface area contributed by atoms with Crippen molar-refractivity contribution < 1.29 is 13.9 Å². The fourth-order valence-corrected chi connectivity index (χ4v) is 3.40. The normalized spacial score (nSPS) is 11.2. The zero-order chi connectivity index (χ0) is 17.6. The highest BCUT2D eigenvalue weighted by Gasteiger charge is 2.18. The van der Waals surface area contributed by atoms with E-state index in [0.717, 1.165) is 26.5 Å². The van der Waals surface area contributed by atoms with E-state index in [9.17, 15) is 9.18 Å². The van der Waals surface area contributed by atoms with E-state index in [1.807, 2.05) is 24.3 Å². The molecule has 0 spiro atoms. The Morgan fingerprint density at radius 3 is 2.72 bits per heavy atom. The van der Waals surface area contributed by atoms with Crippen LogP contribution in [0, 0.1) is 5.82 Å². The standard InChI is InChI=1S/C19H12BrFN2O2/c1-25-19(24)16-9-13-12-8-10(21)6-7-15(12)22-18(13)17(23-16)11-4-2-3-5-14(11)20/h2-9,22H,1H3. The van der Waals surface area contributed by atoms with Gasteiger partial charge < -0.3 is 9.72 Å². The maximum Gasteiger partial charge on any atom is 0.356 e. The molecule has 25 heavy (non-hydrogen) atoms. The fraction of sp³-hybridized carbons (Fsp3) is 0.0526. The molecule has 0 unspecified atom stereocenters. The summed E-state index contributed by atoms with van der Waals surface area (Å²) in [7, 11) is 1.31. The van der Waals surface area contributed by atoms with Crippen LogP contribution in [0.5, 0.6) is 0 Å². The molecular formula is C19H12BrFN2O2. The van der Waals surface area contributed by atoms with E-state index in [0.29, 0.717) is 11.1 Å². The quantitative estimate of drug-likeness (QED) is 0.479. The number of carbonyl (C=O) groups excluding carboxylic acids is 1. The Labute approximate surface area is 150 Å². The van der Waals surface area contributed by atoms with Crippen molar-refractivity contribution >= 4 is 43.7 Å². The SMILES string of the molecule is COC(=O)c1cc2c([nH]c3ccc(F)cc32)c(-c2ccccc2Br)n1. The van der Waals surface area contributed by atoms with Gasteiger partial charge in [-0.05, 0) is 30.3 Å². The summed E-state index contributed by atoms with van der Waals surface area (Å²) >= 11 is 3.52. The number of nitrogens with zero attached hydrogens (tertiary/aromatic N) is 1. The molecule has 0 amide bonds. The summed E-state index contributed by atoms with van der Waals surface area (Å²) in [5, 5.41) is 1.41. The number of nitrogens with one attached hydrogen (secondary N) is 1. The van der Waals surface area contributed by atoms with Crippen LogP contribution in [0.4, 0.5) is 4.39 Å². The molecule has 0 bridgehead atoms. The van der Waals surface area contributed by atoms with Crippen LogP contribution in [-0.2, 0) is 4.74 Å². The van der Waals surface area contributed by atoms with E-state index in [-0.39, 0.29) is 11.5 Å². The Morgan fingerprint density at radius 1 is 1.16 bits per heavy atom. The number of ether oxygens (including phenoxy) is 1. The molecule has 2 heterocycles. The molecule has 124 valence electrons. The minimum absolute atomic E-state index is 0.172. The number of methoxy groups -OCH3 is 1. The van der Waals surface area contributed by atoms with Crippen molar-refractivity contribution in [2.24, 2.45) is 0 Å². The van der Waals surface area contributed by atoms with Gasteiger partial charge in [-0.1, -0.05) is 34.1 Å². The number of hydrogen-bond acceptors (Lipinski definition) is 3. The van der Waals surface area contributed by atoms with Crippen molar-refractivity contribution in [3.8, 4) is 11.3 Å². The van der Waals surface area contributed by atoms with Crippen LogP contribution in [0.2, 0.25) is 0 Å². The molecule has 0 saturated heterocycles. The highest BCUT2D eigenvalue weighted by Crippen LogP contribution is 2.36. The summed E-state index contributed by atoms with van der Waals surface area (Å²) in [6, 6.07) is 13.7. The molecule has 0 aliphatic heterocycles. The number of fused-ring (bicyclic) bond motifs is 3. The number of halogens is 2. The van der Waals surface area contributed by atoms with Crippen molar-refractivity contribution in [3.63, 3.8) is 0 Å². The third kappa shape index (κ3) is 2.59. The monoisotopic (exact) mass is 398 g/mol. The molecule has 4 nitrogen and oxygen atoms in total. The van der Waals surface area contributed by atoms with Crippen molar-refractivity contribution in [2.45, 2.75) is 0 Å². The molecule has 0 atom stereocenters. The number of carbonyl (C=O) groups is 1. The molecule has 0 aliphatic carbocycles. The Kier molecular flexibility index (Phi) is 3.77. The lowest BCUT2D eigenvalue weighted by molar-refractivity contribution is 0.0594. The first-order valence-electron chi connectivity index (χ1n) is 7.53. The number of hydrogen-bond donors (Lipinski definition) is 1. The van der Waals surface area contributed by atoms with Crippen LogP contribution in [-0.4, -0.2) is 23.0 Å².